The Hall–Kier alpha value is -2.30. The Morgan fingerprint density at radius 1 is 1.32 bits per heavy atom. The minimum absolute atomic E-state index is 0.146. The van der Waals surface area contributed by atoms with Crippen LogP contribution in [0, 0.1) is 12.8 Å². The van der Waals surface area contributed by atoms with Crippen LogP contribution in [-0.4, -0.2) is 41.2 Å². The fourth-order valence-electron chi connectivity index (χ4n) is 3.99. The Kier molecular flexibility index (Phi) is 4.24. The largest absolute Gasteiger partial charge is 0.497 e. The van der Waals surface area contributed by atoms with Gasteiger partial charge in [0, 0.05) is 30.6 Å². The summed E-state index contributed by atoms with van der Waals surface area (Å²) in [7, 11) is 1.67. The highest BCUT2D eigenvalue weighted by Gasteiger charge is 2.46. The van der Waals surface area contributed by atoms with E-state index in [1.165, 1.54) is 5.56 Å². The molecule has 25 heavy (non-hydrogen) atoms. The van der Waals surface area contributed by atoms with Crippen LogP contribution >= 0.6 is 0 Å². The number of benzene rings is 1. The van der Waals surface area contributed by atoms with Crippen molar-refractivity contribution in [1.82, 2.24) is 15.1 Å². The first-order valence-corrected chi connectivity index (χ1v) is 9.10. The smallest absolute Gasteiger partial charge is 0.226 e. The standard InChI is InChI=1S/C20H25N3O2/c1-13-10-19(22-21-13)15-4-3-9-23(12-15)20(24)18-11-17(18)14-5-7-16(25-2)8-6-14/h5-8,10,15,17-18H,3-4,9,11-12H2,1-2H3,(H,21,22). The van der Waals surface area contributed by atoms with E-state index in [0.29, 0.717) is 17.7 Å². The highest BCUT2D eigenvalue weighted by Crippen LogP contribution is 2.49. The zero-order chi connectivity index (χ0) is 17.4. The third-order valence-electron chi connectivity index (χ3n) is 5.53. The summed E-state index contributed by atoms with van der Waals surface area (Å²) in [6.45, 7) is 3.70. The number of nitrogens with zero attached hydrogens (tertiary/aromatic N) is 2. The van der Waals surface area contributed by atoms with Crippen LogP contribution in [0.4, 0.5) is 0 Å². The Bertz CT molecular complexity index is 753. The molecule has 3 unspecified atom stereocenters. The monoisotopic (exact) mass is 339 g/mol. The van der Waals surface area contributed by atoms with Crippen molar-refractivity contribution in [3.05, 3.63) is 47.3 Å². The molecule has 0 radical (unpaired) electrons. The molecule has 2 heterocycles. The number of carbonyl (C=O) groups excluding carboxylic acids is 1. The summed E-state index contributed by atoms with van der Waals surface area (Å²) in [5, 5.41) is 7.42. The maximum atomic E-state index is 12.9. The summed E-state index contributed by atoms with van der Waals surface area (Å²) in [5.74, 6) is 2.05. The third kappa shape index (κ3) is 3.28. The van der Waals surface area contributed by atoms with Gasteiger partial charge in [-0.25, -0.2) is 0 Å². The first-order valence-electron chi connectivity index (χ1n) is 9.10. The maximum Gasteiger partial charge on any atom is 0.226 e. The number of aromatic amines is 1. The van der Waals surface area contributed by atoms with Crippen LogP contribution in [0.2, 0.25) is 0 Å². The lowest BCUT2D eigenvalue weighted by molar-refractivity contribution is -0.133. The summed E-state index contributed by atoms with van der Waals surface area (Å²) in [6.07, 6.45) is 3.14. The van der Waals surface area contributed by atoms with Gasteiger partial charge in [-0.05, 0) is 55.9 Å². The zero-order valence-corrected chi connectivity index (χ0v) is 14.9. The first-order chi connectivity index (χ1) is 12.2. The Labute approximate surface area is 148 Å². The molecule has 4 rings (SSSR count). The molecule has 1 aromatic carbocycles. The van der Waals surface area contributed by atoms with E-state index in [9.17, 15) is 4.79 Å². The van der Waals surface area contributed by atoms with E-state index < -0.39 is 0 Å². The molecule has 1 amide bonds. The van der Waals surface area contributed by atoms with Gasteiger partial charge in [0.1, 0.15) is 5.75 Å². The number of amides is 1. The number of ether oxygens (including phenoxy) is 1. The van der Waals surface area contributed by atoms with Gasteiger partial charge >= 0.3 is 0 Å². The van der Waals surface area contributed by atoms with Crippen molar-refractivity contribution in [2.45, 2.75) is 38.0 Å². The van der Waals surface area contributed by atoms with E-state index in [-0.39, 0.29) is 5.92 Å². The lowest BCUT2D eigenvalue weighted by Gasteiger charge is -2.32. The van der Waals surface area contributed by atoms with Crippen LogP contribution in [0.1, 0.15) is 48.0 Å². The number of H-pyrrole nitrogens is 1. The molecule has 2 aromatic rings. The number of likely N-dealkylation sites (tertiary alicyclic amines) is 1. The van der Waals surface area contributed by atoms with Crippen LogP contribution in [0.5, 0.6) is 5.75 Å². The second kappa shape index (κ2) is 6.54. The summed E-state index contributed by atoms with van der Waals surface area (Å²) in [6, 6.07) is 10.2. The molecule has 1 saturated heterocycles. The van der Waals surface area contributed by atoms with Gasteiger partial charge in [0.25, 0.3) is 0 Å². The predicted molar refractivity (Wildman–Crippen MR) is 95.7 cm³/mol. The van der Waals surface area contributed by atoms with Gasteiger partial charge in [0.15, 0.2) is 0 Å². The number of nitrogens with one attached hydrogen (secondary N) is 1. The van der Waals surface area contributed by atoms with Gasteiger partial charge in [0.05, 0.1) is 12.8 Å². The average molecular weight is 339 g/mol. The Morgan fingerprint density at radius 2 is 2.12 bits per heavy atom. The van der Waals surface area contributed by atoms with Gasteiger partial charge in [-0.1, -0.05) is 12.1 Å². The summed E-state index contributed by atoms with van der Waals surface area (Å²) in [5.41, 5.74) is 3.42. The number of piperidine rings is 1. The van der Waals surface area contributed by atoms with Crippen molar-refractivity contribution in [1.29, 1.82) is 0 Å². The molecule has 5 nitrogen and oxygen atoms in total. The van der Waals surface area contributed by atoms with Crippen molar-refractivity contribution < 1.29 is 9.53 Å². The van der Waals surface area contributed by atoms with Crippen molar-refractivity contribution in [2.24, 2.45) is 5.92 Å². The fourth-order valence-corrected chi connectivity index (χ4v) is 3.99. The van der Waals surface area contributed by atoms with Crippen LogP contribution in [-0.2, 0) is 4.79 Å². The summed E-state index contributed by atoms with van der Waals surface area (Å²) < 4.78 is 5.21. The third-order valence-corrected chi connectivity index (χ3v) is 5.53. The quantitative estimate of drug-likeness (QED) is 0.930. The number of aryl methyl sites for hydroxylation is 1. The fraction of sp³-hybridized carbons (Fsp3) is 0.500. The van der Waals surface area contributed by atoms with E-state index in [1.54, 1.807) is 7.11 Å². The van der Waals surface area contributed by atoms with Crippen molar-refractivity contribution in [2.75, 3.05) is 20.2 Å². The molecule has 1 aliphatic heterocycles. The van der Waals surface area contributed by atoms with Crippen molar-refractivity contribution in [3.63, 3.8) is 0 Å². The molecule has 0 spiro atoms. The van der Waals surface area contributed by atoms with E-state index in [4.69, 9.17) is 4.74 Å². The van der Waals surface area contributed by atoms with Gasteiger partial charge in [-0.2, -0.15) is 5.10 Å². The van der Waals surface area contributed by atoms with E-state index in [0.717, 1.165) is 49.5 Å². The number of hydrogen-bond donors (Lipinski definition) is 1. The molecule has 1 N–H and O–H groups in total. The zero-order valence-electron chi connectivity index (χ0n) is 14.9. The minimum Gasteiger partial charge on any atom is -0.497 e. The molecule has 1 aliphatic carbocycles. The molecule has 2 fully saturated rings. The highest BCUT2D eigenvalue weighted by atomic mass is 16.5. The lowest BCUT2D eigenvalue weighted by Crippen LogP contribution is -2.40. The second-order valence-electron chi connectivity index (χ2n) is 7.32. The molecule has 0 bridgehead atoms. The van der Waals surface area contributed by atoms with Crippen molar-refractivity contribution in [3.8, 4) is 5.75 Å². The minimum atomic E-state index is 0.146. The maximum absolute atomic E-state index is 12.9. The van der Waals surface area contributed by atoms with E-state index in [2.05, 4.69) is 33.3 Å². The number of rotatable bonds is 4. The van der Waals surface area contributed by atoms with E-state index >= 15 is 0 Å². The molecular weight excluding hydrogens is 314 g/mol. The van der Waals surface area contributed by atoms with Crippen LogP contribution < -0.4 is 4.74 Å². The first kappa shape index (κ1) is 16.2. The molecule has 1 aromatic heterocycles. The summed E-state index contributed by atoms with van der Waals surface area (Å²) in [4.78, 5) is 15.0. The molecule has 5 heteroatoms. The normalized spacial score (nSPS) is 25.7. The Morgan fingerprint density at radius 3 is 2.80 bits per heavy atom. The highest BCUT2D eigenvalue weighted by molar-refractivity contribution is 5.83. The number of hydrogen-bond acceptors (Lipinski definition) is 3. The predicted octanol–water partition coefficient (Wildman–Crippen LogP) is 3.24. The van der Waals surface area contributed by atoms with Crippen LogP contribution in [0.25, 0.3) is 0 Å². The Balaban J connectivity index is 1.39. The molecule has 132 valence electrons. The lowest BCUT2D eigenvalue weighted by atomic mass is 9.94. The molecule has 3 atom stereocenters. The molecule has 1 saturated carbocycles. The number of aromatic nitrogens is 2. The van der Waals surface area contributed by atoms with Gasteiger partial charge < -0.3 is 9.64 Å². The van der Waals surface area contributed by atoms with E-state index in [1.807, 2.05) is 19.1 Å². The average Bonchev–Trinajstić information content (AvgIpc) is 3.34. The van der Waals surface area contributed by atoms with Gasteiger partial charge in [0.2, 0.25) is 5.91 Å². The van der Waals surface area contributed by atoms with Crippen molar-refractivity contribution >= 4 is 5.91 Å². The number of carbonyl (C=O) groups is 1. The molecular formula is C20H25N3O2. The summed E-state index contributed by atoms with van der Waals surface area (Å²) >= 11 is 0. The SMILES string of the molecule is COc1ccc(C2CC2C(=O)N2CCCC(c3cc(C)[nH]n3)C2)cc1. The molecule has 2 aliphatic rings. The van der Waals surface area contributed by atoms with Gasteiger partial charge in [-0.3, -0.25) is 9.89 Å². The second-order valence-corrected chi connectivity index (χ2v) is 7.32. The van der Waals surface area contributed by atoms with Crippen LogP contribution in [0.15, 0.2) is 30.3 Å². The van der Waals surface area contributed by atoms with Gasteiger partial charge in [-0.15, -0.1) is 0 Å². The topological polar surface area (TPSA) is 58.2 Å². The number of methoxy groups -OCH3 is 1. The van der Waals surface area contributed by atoms with Crippen LogP contribution in [0.3, 0.4) is 0 Å².